The fraction of sp³-hybridized carbons (Fsp3) is 0.462. The number of hydrogen-bond acceptors (Lipinski definition) is 5. The number of esters is 1. The van der Waals surface area contributed by atoms with Crippen molar-refractivity contribution in [2.45, 2.75) is 12.5 Å². The van der Waals surface area contributed by atoms with Crippen LogP contribution < -0.4 is 9.47 Å². The van der Waals surface area contributed by atoms with E-state index in [1.165, 1.54) is 7.11 Å². The molecule has 0 spiro atoms. The van der Waals surface area contributed by atoms with E-state index in [9.17, 15) is 9.90 Å². The van der Waals surface area contributed by atoms with Gasteiger partial charge in [-0.05, 0) is 24.1 Å². The van der Waals surface area contributed by atoms with E-state index in [0.29, 0.717) is 30.1 Å². The van der Waals surface area contributed by atoms with Gasteiger partial charge >= 0.3 is 5.97 Å². The highest BCUT2D eigenvalue weighted by atomic mass is 16.5. The molecule has 2 rings (SSSR count). The van der Waals surface area contributed by atoms with Gasteiger partial charge in [-0.1, -0.05) is 6.07 Å². The third-order valence-corrected chi connectivity index (χ3v) is 3.11. The molecule has 0 unspecified atom stereocenters. The number of aliphatic hydroxyl groups is 1. The summed E-state index contributed by atoms with van der Waals surface area (Å²) in [5.74, 6) is 0.267. The van der Waals surface area contributed by atoms with Crippen LogP contribution in [-0.4, -0.2) is 31.9 Å². The van der Waals surface area contributed by atoms with Crippen LogP contribution >= 0.6 is 0 Å². The first-order valence-corrected chi connectivity index (χ1v) is 5.74. The number of aliphatic hydroxyl groups excluding tert-OH is 1. The molecular formula is C13H16O5. The van der Waals surface area contributed by atoms with Gasteiger partial charge in [-0.2, -0.15) is 0 Å². The molecule has 2 atom stereocenters. The smallest absolute Gasteiger partial charge is 0.312 e. The average Bonchev–Trinajstić information content (AvgIpc) is 2.83. The van der Waals surface area contributed by atoms with Crippen molar-refractivity contribution in [2.24, 2.45) is 5.92 Å². The van der Waals surface area contributed by atoms with Gasteiger partial charge in [0.05, 0.1) is 32.8 Å². The summed E-state index contributed by atoms with van der Waals surface area (Å²) in [5, 5.41) is 10.2. The predicted molar refractivity (Wildman–Crippen MR) is 63.6 cm³/mol. The quantitative estimate of drug-likeness (QED) is 0.818. The van der Waals surface area contributed by atoms with Gasteiger partial charge in [-0.15, -0.1) is 0 Å². The van der Waals surface area contributed by atoms with Crippen LogP contribution in [0.5, 0.6) is 11.5 Å². The van der Waals surface area contributed by atoms with Gasteiger partial charge in [0.25, 0.3) is 0 Å². The molecule has 0 aromatic heterocycles. The summed E-state index contributed by atoms with van der Waals surface area (Å²) in [6.07, 6.45) is -0.339. The summed E-state index contributed by atoms with van der Waals surface area (Å²) in [4.78, 5) is 11.4. The minimum absolute atomic E-state index is 0.350. The van der Waals surface area contributed by atoms with E-state index in [4.69, 9.17) is 14.2 Å². The van der Waals surface area contributed by atoms with Gasteiger partial charge in [-0.3, -0.25) is 4.79 Å². The second kappa shape index (κ2) is 5.27. The van der Waals surface area contributed by atoms with Gasteiger partial charge in [0.1, 0.15) is 0 Å². The van der Waals surface area contributed by atoms with Crippen LogP contribution in [0.15, 0.2) is 18.2 Å². The molecule has 0 amide bonds. The number of ether oxygens (including phenoxy) is 3. The van der Waals surface area contributed by atoms with E-state index in [-0.39, 0.29) is 5.97 Å². The number of cyclic esters (lactones) is 1. The predicted octanol–water partition coefficient (Wildman–Crippen LogP) is 1.30. The summed E-state index contributed by atoms with van der Waals surface area (Å²) >= 11 is 0. The minimum atomic E-state index is -0.875. The van der Waals surface area contributed by atoms with Crippen molar-refractivity contribution >= 4 is 5.97 Å². The maximum atomic E-state index is 11.4. The molecule has 98 valence electrons. The minimum Gasteiger partial charge on any atom is -0.493 e. The monoisotopic (exact) mass is 252 g/mol. The lowest BCUT2D eigenvalue weighted by Gasteiger charge is -2.17. The summed E-state index contributed by atoms with van der Waals surface area (Å²) < 4.78 is 15.1. The summed E-state index contributed by atoms with van der Waals surface area (Å²) in [6, 6.07) is 5.10. The number of carbonyl (C=O) groups excluding carboxylic acids is 1. The van der Waals surface area contributed by atoms with E-state index in [1.54, 1.807) is 25.3 Å². The van der Waals surface area contributed by atoms with Crippen LogP contribution in [0.1, 0.15) is 18.1 Å². The van der Waals surface area contributed by atoms with E-state index in [1.807, 2.05) is 0 Å². The van der Waals surface area contributed by atoms with Gasteiger partial charge < -0.3 is 19.3 Å². The molecule has 1 aromatic rings. The lowest BCUT2D eigenvalue weighted by atomic mass is 9.94. The molecule has 1 aliphatic heterocycles. The van der Waals surface area contributed by atoms with E-state index < -0.39 is 12.0 Å². The fourth-order valence-electron chi connectivity index (χ4n) is 2.07. The molecule has 1 aromatic carbocycles. The van der Waals surface area contributed by atoms with Crippen molar-refractivity contribution in [3.63, 3.8) is 0 Å². The lowest BCUT2D eigenvalue weighted by Crippen LogP contribution is -2.17. The number of hydrogen-bond donors (Lipinski definition) is 1. The second-order valence-corrected chi connectivity index (χ2v) is 4.12. The van der Waals surface area contributed by atoms with Crippen LogP contribution in [0, 0.1) is 5.92 Å². The summed E-state index contributed by atoms with van der Waals surface area (Å²) in [6.45, 7) is 0.369. The number of methoxy groups -OCH3 is 2. The Labute approximate surface area is 105 Å². The Morgan fingerprint density at radius 2 is 2.06 bits per heavy atom. The molecule has 1 saturated heterocycles. The highest BCUT2D eigenvalue weighted by molar-refractivity contribution is 5.75. The van der Waals surface area contributed by atoms with Gasteiger partial charge in [-0.25, -0.2) is 0 Å². The van der Waals surface area contributed by atoms with Crippen molar-refractivity contribution < 1.29 is 24.1 Å². The molecule has 1 N–H and O–H groups in total. The molecule has 1 heterocycles. The number of benzene rings is 1. The zero-order chi connectivity index (χ0) is 13.1. The Morgan fingerprint density at radius 3 is 2.61 bits per heavy atom. The summed E-state index contributed by atoms with van der Waals surface area (Å²) in [7, 11) is 3.07. The molecule has 0 aliphatic carbocycles. The molecule has 5 heteroatoms. The molecule has 1 fully saturated rings. The van der Waals surface area contributed by atoms with Crippen LogP contribution in [0.25, 0.3) is 0 Å². The third-order valence-electron chi connectivity index (χ3n) is 3.11. The zero-order valence-corrected chi connectivity index (χ0v) is 10.4. The van der Waals surface area contributed by atoms with Gasteiger partial charge in [0, 0.05) is 0 Å². The number of rotatable bonds is 4. The SMILES string of the molecule is COc1ccc([C@H](O)[C@@H]2CCOC2=O)cc1OC. The van der Waals surface area contributed by atoms with Crippen molar-refractivity contribution in [3.8, 4) is 11.5 Å². The molecule has 0 bridgehead atoms. The first-order valence-electron chi connectivity index (χ1n) is 5.74. The van der Waals surface area contributed by atoms with Crippen molar-refractivity contribution in [1.29, 1.82) is 0 Å². The fourth-order valence-corrected chi connectivity index (χ4v) is 2.07. The average molecular weight is 252 g/mol. The van der Waals surface area contributed by atoms with E-state index >= 15 is 0 Å². The Balaban J connectivity index is 2.25. The topological polar surface area (TPSA) is 65.0 Å². The maximum absolute atomic E-state index is 11.4. The molecule has 18 heavy (non-hydrogen) atoms. The molecule has 0 radical (unpaired) electrons. The summed E-state index contributed by atoms with van der Waals surface area (Å²) in [5.41, 5.74) is 0.622. The highest BCUT2D eigenvalue weighted by Gasteiger charge is 2.34. The Bertz CT molecular complexity index is 443. The first kappa shape index (κ1) is 12.7. The van der Waals surface area contributed by atoms with Crippen LogP contribution in [0.2, 0.25) is 0 Å². The van der Waals surface area contributed by atoms with Crippen molar-refractivity contribution in [1.82, 2.24) is 0 Å². The van der Waals surface area contributed by atoms with Gasteiger partial charge in [0.15, 0.2) is 11.5 Å². The first-order chi connectivity index (χ1) is 8.67. The van der Waals surface area contributed by atoms with Crippen LogP contribution in [-0.2, 0) is 9.53 Å². The van der Waals surface area contributed by atoms with Gasteiger partial charge in [0.2, 0.25) is 0 Å². The van der Waals surface area contributed by atoms with Crippen molar-refractivity contribution in [2.75, 3.05) is 20.8 Å². The molecule has 1 aliphatic rings. The van der Waals surface area contributed by atoms with Crippen molar-refractivity contribution in [3.05, 3.63) is 23.8 Å². The number of carbonyl (C=O) groups is 1. The lowest BCUT2D eigenvalue weighted by molar-refractivity contribution is -0.144. The van der Waals surface area contributed by atoms with E-state index in [0.717, 1.165) is 0 Å². The Morgan fingerprint density at radius 1 is 1.33 bits per heavy atom. The molecule has 5 nitrogen and oxygen atoms in total. The Kier molecular flexibility index (Phi) is 3.72. The van der Waals surface area contributed by atoms with E-state index in [2.05, 4.69) is 0 Å². The second-order valence-electron chi connectivity index (χ2n) is 4.12. The maximum Gasteiger partial charge on any atom is 0.312 e. The molecule has 0 saturated carbocycles. The third kappa shape index (κ3) is 2.26. The highest BCUT2D eigenvalue weighted by Crippen LogP contribution is 2.34. The van der Waals surface area contributed by atoms with Crippen LogP contribution in [0.3, 0.4) is 0 Å². The standard InChI is InChI=1S/C13H16O5/c1-16-10-4-3-8(7-11(10)17-2)12(14)9-5-6-18-13(9)15/h3-4,7,9,12,14H,5-6H2,1-2H3/t9-,12-/m0/s1. The Hall–Kier alpha value is -1.75. The van der Waals surface area contributed by atoms with Crippen LogP contribution in [0.4, 0.5) is 0 Å². The normalized spacial score (nSPS) is 20.4. The zero-order valence-electron chi connectivity index (χ0n) is 10.4. The largest absolute Gasteiger partial charge is 0.493 e. The molecular weight excluding hydrogens is 236 g/mol.